The number of aromatic nitrogens is 1. The Kier molecular flexibility index (Phi) is 6.44. The Balaban J connectivity index is 1.47. The number of hydrogen-bond donors (Lipinski definition) is 2. The summed E-state index contributed by atoms with van der Waals surface area (Å²) in [6, 6.07) is 3.94. The minimum Gasteiger partial charge on any atom is -0.356 e. The lowest BCUT2D eigenvalue weighted by Crippen LogP contribution is -2.46. The van der Waals surface area contributed by atoms with E-state index in [4.69, 9.17) is 11.6 Å². The van der Waals surface area contributed by atoms with Crippen molar-refractivity contribution in [1.82, 2.24) is 19.9 Å². The normalized spacial score (nSPS) is 24.4. The summed E-state index contributed by atoms with van der Waals surface area (Å²) >= 11 is 6.24. The molecule has 1 aromatic rings. The number of pyridine rings is 1. The Morgan fingerprint density at radius 3 is 2.85 bits per heavy atom. The number of anilines is 1. The van der Waals surface area contributed by atoms with Gasteiger partial charge in [0, 0.05) is 52.0 Å². The number of nitrogens with one attached hydrogen (secondary N) is 2. The fourth-order valence-electron chi connectivity index (χ4n) is 3.57. The predicted octanol–water partition coefficient (Wildman–Crippen LogP) is 0.760. The summed E-state index contributed by atoms with van der Waals surface area (Å²) in [5.41, 5.74) is 0. The zero-order valence-corrected chi connectivity index (χ0v) is 17.3. The topological polar surface area (TPSA) is 89.9 Å². The maximum atomic E-state index is 11.6. The third kappa shape index (κ3) is 5.24. The molecule has 0 aromatic carbocycles. The number of nitrogens with zero attached hydrogens (tertiary/aromatic N) is 4. The maximum Gasteiger partial charge on any atom is 0.211 e. The first-order valence-corrected chi connectivity index (χ1v) is 11.4. The monoisotopic (exact) mass is 414 g/mol. The second-order valence-corrected chi connectivity index (χ2v) is 9.50. The Morgan fingerprint density at radius 2 is 2.19 bits per heavy atom. The van der Waals surface area contributed by atoms with E-state index in [1.807, 2.05) is 12.1 Å². The number of aliphatic imine (C=N–C) groups is 1. The largest absolute Gasteiger partial charge is 0.356 e. The smallest absolute Gasteiger partial charge is 0.211 e. The molecule has 2 atom stereocenters. The fraction of sp³-hybridized carbons (Fsp3) is 0.647. The van der Waals surface area contributed by atoms with Crippen molar-refractivity contribution < 1.29 is 8.42 Å². The maximum absolute atomic E-state index is 11.6. The molecular weight excluding hydrogens is 388 g/mol. The zero-order valence-electron chi connectivity index (χ0n) is 15.7. The summed E-state index contributed by atoms with van der Waals surface area (Å²) in [6.45, 7) is 3.56. The van der Waals surface area contributed by atoms with Crippen molar-refractivity contribution in [2.45, 2.75) is 18.9 Å². The summed E-state index contributed by atoms with van der Waals surface area (Å²) in [5, 5.41) is 7.44. The molecule has 1 aromatic heterocycles. The summed E-state index contributed by atoms with van der Waals surface area (Å²) in [6.07, 6.45) is 4.86. The van der Waals surface area contributed by atoms with Crippen molar-refractivity contribution in [2.75, 3.05) is 50.9 Å². The van der Waals surface area contributed by atoms with E-state index >= 15 is 0 Å². The lowest BCUT2D eigenvalue weighted by molar-refractivity contribution is 0.458. The Labute approximate surface area is 166 Å². The molecule has 3 rings (SSSR count). The van der Waals surface area contributed by atoms with E-state index in [2.05, 4.69) is 25.5 Å². The van der Waals surface area contributed by atoms with E-state index in [0.717, 1.165) is 37.7 Å². The number of hydrogen-bond acceptors (Lipinski definition) is 5. The van der Waals surface area contributed by atoms with Crippen LogP contribution in [0.2, 0.25) is 5.02 Å². The van der Waals surface area contributed by atoms with Gasteiger partial charge >= 0.3 is 0 Å². The molecule has 0 amide bonds. The average molecular weight is 415 g/mol. The van der Waals surface area contributed by atoms with Crippen LogP contribution >= 0.6 is 11.6 Å². The van der Waals surface area contributed by atoms with Crippen molar-refractivity contribution >= 4 is 33.4 Å². The van der Waals surface area contributed by atoms with Crippen molar-refractivity contribution in [3.63, 3.8) is 0 Å². The molecule has 2 aliphatic heterocycles. The highest BCUT2D eigenvalue weighted by Crippen LogP contribution is 2.25. The van der Waals surface area contributed by atoms with Gasteiger partial charge in [-0.3, -0.25) is 4.99 Å². The summed E-state index contributed by atoms with van der Waals surface area (Å²) in [4.78, 5) is 10.8. The Bertz CT molecular complexity index is 787. The van der Waals surface area contributed by atoms with Crippen molar-refractivity contribution in [3.8, 4) is 0 Å². The molecule has 3 heterocycles. The average Bonchev–Trinajstić information content (AvgIpc) is 3.28. The molecule has 2 fully saturated rings. The molecule has 8 nitrogen and oxygen atoms in total. The molecule has 0 aliphatic carbocycles. The molecule has 0 spiro atoms. The highest BCUT2D eigenvalue weighted by atomic mass is 35.5. The number of halogens is 1. The highest BCUT2D eigenvalue weighted by molar-refractivity contribution is 7.88. The summed E-state index contributed by atoms with van der Waals surface area (Å²) in [7, 11) is -1.35. The van der Waals surface area contributed by atoms with Crippen LogP contribution in [0.4, 0.5) is 5.82 Å². The Morgan fingerprint density at radius 1 is 1.37 bits per heavy atom. The number of guanidine groups is 1. The van der Waals surface area contributed by atoms with Gasteiger partial charge in [0.05, 0.1) is 11.3 Å². The molecule has 0 radical (unpaired) electrons. The van der Waals surface area contributed by atoms with Crippen LogP contribution in [0.3, 0.4) is 0 Å². The summed E-state index contributed by atoms with van der Waals surface area (Å²) < 4.78 is 24.8. The molecule has 0 bridgehead atoms. The molecule has 2 unspecified atom stereocenters. The molecule has 2 saturated heterocycles. The van der Waals surface area contributed by atoms with Gasteiger partial charge in [0.1, 0.15) is 5.82 Å². The van der Waals surface area contributed by atoms with Gasteiger partial charge in [0.2, 0.25) is 10.0 Å². The van der Waals surface area contributed by atoms with Crippen molar-refractivity contribution in [2.24, 2.45) is 10.9 Å². The third-order valence-corrected chi connectivity index (χ3v) is 6.63. The predicted molar refractivity (Wildman–Crippen MR) is 109 cm³/mol. The molecular formula is C17H27ClN6O2S. The molecule has 10 heteroatoms. The van der Waals surface area contributed by atoms with Gasteiger partial charge in [-0.15, -0.1) is 0 Å². The van der Waals surface area contributed by atoms with Crippen LogP contribution in [-0.2, 0) is 10.0 Å². The van der Waals surface area contributed by atoms with Crippen LogP contribution in [0.25, 0.3) is 0 Å². The SMILES string of the molecule is CN=C(NCC1CCN(S(C)(=O)=O)C1)NC1CCN(c2ncccc2Cl)C1. The minimum atomic E-state index is -3.10. The van der Waals surface area contributed by atoms with E-state index < -0.39 is 10.0 Å². The first-order valence-electron chi connectivity index (χ1n) is 9.14. The number of rotatable bonds is 5. The van der Waals surface area contributed by atoms with E-state index in [0.29, 0.717) is 30.6 Å². The van der Waals surface area contributed by atoms with Gasteiger partial charge in [-0.25, -0.2) is 17.7 Å². The molecule has 27 heavy (non-hydrogen) atoms. The lowest BCUT2D eigenvalue weighted by Gasteiger charge is -2.21. The summed E-state index contributed by atoms with van der Waals surface area (Å²) in [5.74, 6) is 1.86. The molecule has 2 N–H and O–H groups in total. The van der Waals surface area contributed by atoms with Crippen LogP contribution in [0.15, 0.2) is 23.3 Å². The fourth-order valence-corrected chi connectivity index (χ4v) is 4.73. The van der Waals surface area contributed by atoms with E-state index in [-0.39, 0.29) is 6.04 Å². The van der Waals surface area contributed by atoms with E-state index in [1.165, 1.54) is 6.26 Å². The molecule has 2 aliphatic rings. The zero-order chi connectivity index (χ0) is 19.4. The lowest BCUT2D eigenvalue weighted by atomic mass is 10.1. The Hall–Kier alpha value is -1.58. The first kappa shape index (κ1) is 20.2. The van der Waals surface area contributed by atoms with Crippen LogP contribution in [0, 0.1) is 5.92 Å². The van der Waals surface area contributed by atoms with E-state index in [1.54, 1.807) is 17.5 Å². The van der Waals surface area contributed by atoms with Crippen molar-refractivity contribution in [1.29, 1.82) is 0 Å². The van der Waals surface area contributed by atoms with Gasteiger partial charge in [0.25, 0.3) is 0 Å². The minimum absolute atomic E-state index is 0.255. The van der Waals surface area contributed by atoms with Gasteiger partial charge in [-0.1, -0.05) is 11.6 Å². The standard InChI is InChI=1S/C17H27ClN6O2S/c1-19-17(21-10-13-5-9-24(11-13)27(2,25)26)22-14-6-8-23(12-14)16-15(18)4-3-7-20-16/h3-4,7,13-14H,5-6,8-12H2,1-2H3,(H2,19,21,22). The molecule has 0 saturated carbocycles. The van der Waals surface area contributed by atoms with Gasteiger partial charge in [-0.2, -0.15) is 0 Å². The quantitative estimate of drug-likeness (QED) is 0.546. The van der Waals surface area contributed by atoms with Gasteiger partial charge < -0.3 is 15.5 Å². The third-order valence-electron chi connectivity index (χ3n) is 5.07. The van der Waals surface area contributed by atoms with Crippen LogP contribution in [0.1, 0.15) is 12.8 Å². The second-order valence-electron chi connectivity index (χ2n) is 7.11. The molecule has 150 valence electrons. The van der Waals surface area contributed by atoms with Gasteiger partial charge in [-0.05, 0) is 30.9 Å². The van der Waals surface area contributed by atoms with Crippen LogP contribution < -0.4 is 15.5 Å². The van der Waals surface area contributed by atoms with Crippen LogP contribution in [-0.4, -0.2) is 75.7 Å². The highest BCUT2D eigenvalue weighted by Gasteiger charge is 2.29. The van der Waals surface area contributed by atoms with Gasteiger partial charge in [0.15, 0.2) is 5.96 Å². The second kappa shape index (κ2) is 8.62. The number of sulfonamides is 1. The first-order chi connectivity index (χ1) is 12.9. The van der Waals surface area contributed by atoms with Crippen molar-refractivity contribution in [3.05, 3.63) is 23.4 Å². The van der Waals surface area contributed by atoms with Crippen LogP contribution in [0.5, 0.6) is 0 Å². The van der Waals surface area contributed by atoms with E-state index in [9.17, 15) is 8.42 Å².